The Morgan fingerprint density at radius 3 is 1.57 bits per heavy atom. The van der Waals surface area contributed by atoms with E-state index >= 15 is 0 Å². The van der Waals surface area contributed by atoms with Gasteiger partial charge < -0.3 is 0 Å². The zero-order chi connectivity index (χ0) is 5.15. The monoisotopic (exact) mass is 105 g/mol. The van der Waals surface area contributed by atoms with Crippen molar-refractivity contribution in [3.8, 4) is 0 Å². The fourth-order valence-electron chi connectivity index (χ4n) is 0. The molecule has 0 nitrogen and oxygen atoms in total. The van der Waals surface area contributed by atoms with E-state index in [1.165, 1.54) is 0 Å². The molecule has 0 spiro atoms. The Morgan fingerprint density at radius 1 is 1.43 bits per heavy atom. The summed E-state index contributed by atoms with van der Waals surface area (Å²) in [5.41, 5.74) is 0. The molecule has 0 fully saturated rings. The molecule has 0 aliphatic carbocycles. The summed E-state index contributed by atoms with van der Waals surface area (Å²) in [5, 5.41) is 0. The predicted molar refractivity (Wildman–Crippen MR) is 38.6 cm³/mol. The number of hydrogen-bond donors (Lipinski definition) is 0. The van der Waals surface area contributed by atoms with Crippen molar-refractivity contribution in [3.63, 3.8) is 0 Å². The van der Waals surface area contributed by atoms with Gasteiger partial charge in [-0.15, -0.1) is 0 Å². The molecule has 0 heterocycles. The maximum atomic E-state index is 7.03. The van der Waals surface area contributed by atoms with E-state index in [4.69, 9.17) is 1.37 Å². The van der Waals surface area contributed by atoms with E-state index in [0.717, 1.165) is 0 Å². The molecular formula is C7H20. The van der Waals surface area contributed by atoms with E-state index in [9.17, 15) is 0 Å². The van der Waals surface area contributed by atoms with Crippen molar-refractivity contribution < 1.29 is 1.37 Å². The molecule has 0 amide bonds. The van der Waals surface area contributed by atoms with Crippen LogP contribution in [0.5, 0.6) is 0 Å². The van der Waals surface area contributed by atoms with Gasteiger partial charge in [-0.2, -0.15) is 0 Å². The van der Waals surface area contributed by atoms with Crippen molar-refractivity contribution in [2.24, 2.45) is 5.92 Å². The smallest absolute Gasteiger partial charge is 0.0266 e. The zero-order valence-electron chi connectivity index (χ0n) is 5.15. The lowest BCUT2D eigenvalue weighted by atomic mass is 10.2. The maximum Gasteiger partial charge on any atom is 0.0266 e. The first-order valence-corrected chi connectivity index (χ1v) is 2.07. The fourth-order valence-corrected chi connectivity index (χ4v) is 0. The van der Waals surface area contributed by atoms with Crippen LogP contribution in [0.2, 0.25) is 0 Å². The molecule has 7 heavy (non-hydrogen) atoms. The largest absolute Gasteiger partial charge is 0.0776 e. The Bertz CT molecular complexity index is 25.4. The van der Waals surface area contributed by atoms with E-state index in [1.807, 2.05) is 6.92 Å². The molecule has 0 aliphatic rings. The van der Waals surface area contributed by atoms with Crippen molar-refractivity contribution >= 4 is 0 Å². The highest BCUT2D eigenvalue weighted by atomic mass is 13.9. The molecule has 0 N–H and O–H groups in total. The van der Waals surface area contributed by atoms with E-state index in [1.54, 1.807) is 0 Å². The molecular weight excluding hydrogens is 84.1 g/mol. The second-order valence-corrected chi connectivity index (χ2v) is 1.58. The molecule has 0 saturated heterocycles. The van der Waals surface area contributed by atoms with Gasteiger partial charge in [-0.05, 0) is 5.92 Å². The van der Waals surface area contributed by atoms with E-state index in [0.29, 0.717) is 5.92 Å². The molecule has 0 aliphatic heterocycles. The van der Waals surface area contributed by atoms with Gasteiger partial charge >= 0.3 is 0 Å². The molecule has 1 unspecified atom stereocenters. The summed E-state index contributed by atoms with van der Waals surface area (Å²) in [6.07, 6.45) is 0.102. The van der Waals surface area contributed by atoms with E-state index < -0.39 is 0 Å². The molecule has 0 aromatic heterocycles. The standard InChI is InChI=1S/C5H12.2CH4/c1-4-5(2)3;;/h5H,4H2,1-3H3;2*1H4/i4D;;. The minimum atomic E-state index is 0. The normalized spacial score (nSPS) is 13.4. The second kappa shape index (κ2) is 9.38. The van der Waals surface area contributed by atoms with Gasteiger partial charge in [0.2, 0.25) is 0 Å². The SMILES string of the molecule is C.C.[2H]C(C)C(C)C. The van der Waals surface area contributed by atoms with Gasteiger partial charge in [0, 0.05) is 1.37 Å². The molecule has 48 valence electrons. The first-order chi connectivity index (χ1) is 2.64. The Balaban J connectivity index is -0.000000125. The summed E-state index contributed by atoms with van der Waals surface area (Å²) in [5.74, 6) is 0.519. The molecule has 0 saturated carbocycles. The van der Waals surface area contributed by atoms with Crippen LogP contribution in [0.4, 0.5) is 0 Å². The first kappa shape index (κ1) is 10.1. The third kappa shape index (κ3) is 24.0. The van der Waals surface area contributed by atoms with Gasteiger partial charge in [-0.1, -0.05) is 42.0 Å². The minimum absolute atomic E-state index is 0. The summed E-state index contributed by atoms with van der Waals surface area (Å²) in [7, 11) is 0. The van der Waals surface area contributed by atoms with Crippen molar-refractivity contribution in [1.29, 1.82) is 0 Å². The number of rotatable bonds is 1. The van der Waals surface area contributed by atoms with Gasteiger partial charge in [0.15, 0.2) is 0 Å². The first-order valence-electron chi connectivity index (χ1n) is 2.64. The van der Waals surface area contributed by atoms with Crippen LogP contribution in [0.15, 0.2) is 0 Å². The van der Waals surface area contributed by atoms with Crippen LogP contribution in [0, 0.1) is 5.92 Å². The van der Waals surface area contributed by atoms with Crippen molar-refractivity contribution in [2.45, 2.75) is 42.0 Å². The van der Waals surface area contributed by atoms with E-state index in [2.05, 4.69) is 13.8 Å². The lowest BCUT2D eigenvalue weighted by molar-refractivity contribution is 0.626. The van der Waals surface area contributed by atoms with Gasteiger partial charge in [-0.3, -0.25) is 0 Å². The van der Waals surface area contributed by atoms with Crippen molar-refractivity contribution in [2.75, 3.05) is 0 Å². The third-order valence-corrected chi connectivity index (χ3v) is 0.667. The molecule has 0 bridgehead atoms. The van der Waals surface area contributed by atoms with Gasteiger partial charge in [-0.25, -0.2) is 0 Å². The highest BCUT2D eigenvalue weighted by molar-refractivity contribution is 4.32. The second-order valence-electron chi connectivity index (χ2n) is 1.58. The Morgan fingerprint density at radius 2 is 1.57 bits per heavy atom. The van der Waals surface area contributed by atoms with Crippen molar-refractivity contribution in [3.05, 3.63) is 0 Å². The zero-order valence-corrected chi connectivity index (χ0v) is 4.15. The van der Waals surface area contributed by atoms with Crippen molar-refractivity contribution in [1.82, 2.24) is 0 Å². The van der Waals surface area contributed by atoms with Crippen LogP contribution in [-0.4, -0.2) is 0 Å². The molecule has 0 radical (unpaired) electrons. The van der Waals surface area contributed by atoms with E-state index in [-0.39, 0.29) is 21.3 Å². The third-order valence-electron chi connectivity index (χ3n) is 0.667. The fraction of sp³-hybridized carbons (Fsp3) is 1.00. The van der Waals surface area contributed by atoms with Gasteiger partial charge in [0.25, 0.3) is 0 Å². The van der Waals surface area contributed by atoms with Crippen LogP contribution in [0.1, 0.15) is 43.4 Å². The Labute approximate surface area is 50.3 Å². The van der Waals surface area contributed by atoms with Crippen LogP contribution in [0.3, 0.4) is 0 Å². The minimum Gasteiger partial charge on any atom is -0.0776 e. The van der Waals surface area contributed by atoms with Gasteiger partial charge in [0.05, 0.1) is 0 Å². The lowest BCUT2D eigenvalue weighted by Gasteiger charge is -1.90. The highest BCUT2D eigenvalue weighted by Gasteiger charge is 1.80. The lowest BCUT2D eigenvalue weighted by Crippen LogP contribution is -1.77. The summed E-state index contributed by atoms with van der Waals surface area (Å²) in [6, 6.07) is 0. The topological polar surface area (TPSA) is 0 Å². The molecule has 0 heteroatoms. The Hall–Kier alpha value is 0. The van der Waals surface area contributed by atoms with Crippen LogP contribution in [0.25, 0.3) is 0 Å². The maximum absolute atomic E-state index is 7.03. The summed E-state index contributed by atoms with van der Waals surface area (Å²) >= 11 is 0. The predicted octanol–water partition coefficient (Wildman–Crippen LogP) is 3.32. The molecule has 0 rings (SSSR count). The van der Waals surface area contributed by atoms with Crippen LogP contribution >= 0.6 is 0 Å². The van der Waals surface area contributed by atoms with Gasteiger partial charge in [0.1, 0.15) is 0 Å². The highest BCUT2D eigenvalue weighted by Crippen LogP contribution is 1.93. The average molecular weight is 105 g/mol. The number of hydrogen-bond acceptors (Lipinski definition) is 0. The Kier molecular flexibility index (Phi) is 13.5. The summed E-state index contributed by atoms with van der Waals surface area (Å²) < 4.78 is 7.03. The average Bonchev–Trinajstić information content (AvgIpc) is 1.36. The summed E-state index contributed by atoms with van der Waals surface area (Å²) in [6.45, 7) is 6.01. The molecule has 1 atom stereocenters. The molecule has 0 aromatic rings. The quantitative estimate of drug-likeness (QED) is 0.480. The van der Waals surface area contributed by atoms with Crippen LogP contribution < -0.4 is 0 Å². The van der Waals surface area contributed by atoms with Crippen LogP contribution in [-0.2, 0) is 0 Å². The summed E-state index contributed by atoms with van der Waals surface area (Å²) in [4.78, 5) is 0. The molecule has 0 aromatic carbocycles.